The Kier molecular flexibility index (Phi) is 7.09. The Morgan fingerprint density at radius 1 is 1.06 bits per heavy atom. The minimum atomic E-state index is -4.48. The molecular formula is C24H24Cl3F3N2O. The second-order valence-corrected chi connectivity index (χ2v) is 10.2. The average molecular weight is 520 g/mol. The van der Waals surface area contributed by atoms with Gasteiger partial charge in [0, 0.05) is 46.3 Å². The quantitative estimate of drug-likeness (QED) is 0.454. The summed E-state index contributed by atoms with van der Waals surface area (Å²) in [6.45, 7) is 0.237. The molecule has 2 aromatic carbocycles. The molecule has 1 N–H and O–H groups in total. The van der Waals surface area contributed by atoms with E-state index in [0.717, 1.165) is 31.2 Å². The van der Waals surface area contributed by atoms with Crippen LogP contribution in [0, 0.1) is 5.92 Å². The third kappa shape index (κ3) is 5.08. The number of nitrogens with one attached hydrogen (secondary N) is 1. The Hall–Kier alpha value is -1.63. The van der Waals surface area contributed by atoms with Crippen molar-refractivity contribution in [1.82, 2.24) is 5.32 Å². The van der Waals surface area contributed by atoms with Gasteiger partial charge in [-0.3, -0.25) is 4.79 Å². The van der Waals surface area contributed by atoms with E-state index in [1.165, 1.54) is 18.2 Å². The molecule has 3 nitrogen and oxygen atoms in total. The monoisotopic (exact) mass is 518 g/mol. The highest BCUT2D eigenvalue weighted by Crippen LogP contribution is 2.49. The van der Waals surface area contributed by atoms with Crippen molar-refractivity contribution in [2.45, 2.75) is 50.2 Å². The lowest BCUT2D eigenvalue weighted by molar-refractivity contribution is -0.184. The Morgan fingerprint density at radius 2 is 1.73 bits per heavy atom. The van der Waals surface area contributed by atoms with Crippen LogP contribution in [0.3, 0.4) is 0 Å². The number of carbonyl (C=O) groups excluding carboxylic acids is 1. The van der Waals surface area contributed by atoms with Crippen molar-refractivity contribution in [3.8, 4) is 0 Å². The number of hydrogen-bond acceptors (Lipinski definition) is 2. The van der Waals surface area contributed by atoms with Crippen LogP contribution in [0.15, 0.2) is 36.4 Å². The lowest BCUT2D eigenvalue weighted by Crippen LogP contribution is -2.44. The molecule has 1 atom stereocenters. The minimum Gasteiger partial charge on any atom is -0.370 e. The van der Waals surface area contributed by atoms with E-state index >= 15 is 0 Å². The molecule has 0 aromatic heterocycles. The van der Waals surface area contributed by atoms with Crippen molar-refractivity contribution >= 4 is 46.4 Å². The smallest absolute Gasteiger partial charge is 0.370 e. The molecule has 0 spiro atoms. The third-order valence-corrected chi connectivity index (χ3v) is 7.60. The summed E-state index contributed by atoms with van der Waals surface area (Å²) in [5.41, 5.74) is -0.686. The number of alkyl halides is 3. The van der Waals surface area contributed by atoms with Crippen molar-refractivity contribution in [3.63, 3.8) is 0 Å². The van der Waals surface area contributed by atoms with Gasteiger partial charge in [-0.15, -0.1) is 0 Å². The zero-order valence-electron chi connectivity index (χ0n) is 17.8. The van der Waals surface area contributed by atoms with Crippen LogP contribution in [-0.2, 0) is 16.8 Å². The first-order valence-corrected chi connectivity index (χ1v) is 12.1. The van der Waals surface area contributed by atoms with Gasteiger partial charge < -0.3 is 10.2 Å². The highest BCUT2D eigenvalue weighted by molar-refractivity contribution is 6.34. The van der Waals surface area contributed by atoms with Gasteiger partial charge in [0.2, 0.25) is 5.91 Å². The first kappa shape index (κ1) is 24.5. The van der Waals surface area contributed by atoms with Gasteiger partial charge in [0.1, 0.15) is 5.41 Å². The number of amides is 1. The Labute approximate surface area is 206 Å². The number of anilines is 1. The third-order valence-electron chi connectivity index (χ3n) is 6.81. The number of halogens is 6. The summed E-state index contributed by atoms with van der Waals surface area (Å²) in [7, 11) is 0. The first-order chi connectivity index (χ1) is 15.6. The minimum absolute atomic E-state index is 0.0299. The molecule has 0 radical (unpaired) electrons. The van der Waals surface area contributed by atoms with E-state index in [4.69, 9.17) is 34.8 Å². The van der Waals surface area contributed by atoms with Gasteiger partial charge >= 0.3 is 6.18 Å². The van der Waals surface area contributed by atoms with Crippen LogP contribution >= 0.6 is 34.8 Å². The maximum absolute atomic E-state index is 14.3. The second-order valence-electron chi connectivity index (χ2n) is 8.88. The number of benzene rings is 2. The Morgan fingerprint density at radius 3 is 2.33 bits per heavy atom. The fraction of sp³-hybridized carbons (Fsp3) is 0.458. The zero-order chi connectivity index (χ0) is 23.8. The summed E-state index contributed by atoms with van der Waals surface area (Å²) in [6.07, 6.45) is -0.638. The SMILES string of the molecule is O=C(NCc1ccc(N2CCC(c3cc(Cl)cc(Cl)c3)(C(F)(F)F)C2)cc1Cl)C1CCCC1. The summed E-state index contributed by atoms with van der Waals surface area (Å²) in [5.74, 6) is 0.0884. The maximum Gasteiger partial charge on any atom is 0.400 e. The zero-order valence-corrected chi connectivity index (χ0v) is 20.1. The molecule has 9 heteroatoms. The molecule has 1 unspecified atom stereocenters. The van der Waals surface area contributed by atoms with Crippen LogP contribution in [0.1, 0.15) is 43.2 Å². The molecule has 1 saturated carbocycles. The summed E-state index contributed by atoms with van der Waals surface area (Å²) in [4.78, 5) is 13.9. The standard InChI is InChI=1S/C24H24Cl3F3N2O/c25-18-9-17(10-19(26)11-18)23(24(28,29)30)7-8-32(14-23)20-6-5-16(21(27)12-20)13-31-22(33)15-3-1-2-4-15/h5-6,9-12,15H,1-4,7-8,13-14H2,(H,31,33). The van der Waals surface area contributed by atoms with Crippen LogP contribution in [0.25, 0.3) is 0 Å². The fourth-order valence-corrected chi connectivity index (χ4v) is 5.65. The van der Waals surface area contributed by atoms with Gasteiger partial charge in [-0.05, 0) is 60.7 Å². The first-order valence-electron chi connectivity index (χ1n) is 10.9. The van der Waals surface area contributed by atoms with Crippen LogP contribution in [0.2, 0.25) is 15.1 Å². The van der Waals surface area contributed by atoms with Crippen LogP contribution in [0.5, 0.6) is 0 Å². The molecule has 1 saturated heterocycles. The molecule has 178 valence electrons. The van der Waals surface area contributed by atoms with Crippen molar-refractivity contribution in [2.75, 3.05) is 18.0 Å². The predicted molar refractivity (Wildman–Crippen MR) is 126 cm³/mol. The van der Waals surface area contributed by atoms with Gasteiger partial charge in [-0.2, -0.15) is 13.2 Å². The fourth-order valence-electron chi connectivity index (χ4n) is 4.88. The molecule has 2 aliphatic rings. The van der Waals surface area contributed by atoms with Crippen molar-refractivity contribution in [1.29, 1.82) is 0 Å². The van der Waals surface area contributed by atoms with E-state index in [2.05, 4.69) is 5.32 Å². The van der Waals surface area contributed by atoms with Crippen LogP contribution < -0.4 is 10.2 Å². The normalized spacial score (nSPS) is 21.6. The van der Waals surface area contributed by atoms with Crippen LogP contribution in [0.4, 0.5) is 18.9 Å². The average Bonchev–Trinajstić information content (AvgIpc) is 3.42. The molecule has 4 rings (SSSR count). The summed E-state index contributed by atoms with van der Waals surface area (Å²) >= 11 is 18.5. The van der Waals surface area contributed by atoms with Gasteiger partial charge in [-0.25, -0.2) is 0 Å². The Bertz CT molecular complexity index is 1020. The van der Waals surface area contributed by atoms with E-state index in [1.807, 2.05) is 0 Å². The Balaban J connectivity index is 1.51. The molecule has 33 heavy (non-hydrogen) atoms. The summed E-state index contributed by atoms with van der Waals surface area (Å²) in [5, 5.41) is 3.68. The van der Waals surface area contributed by atoms with Crippen molar-refractivity contribution in [3.05, 3.63) is 62.6 Å². The van der Waals surface area contributed by atoms with E-state index in [-0.39, 0.29) is 46.9 Å². The second kappa shape index (κ2) is 9.55. The van der Waals surface area contributed by atoms with Gasteiger partial charge in [0.25, 0.3) is 0 Å². The molecule has 1 heterocycles. The number of carbonyl (C=O) groups is 1. The predicted octanol–water partition coefficient (Wildman–Crippen LogP) is 7.16. The van der Waals surface area contributed by atoms with E-state index in [9.17, 15) is 18.0 Å². The highest BCUT2D eigenvalue weighted by atomic mass is 35.5. The molecule has 1 aliphatic heterocycles. The van der Waals surface area contributed by atoms with Gasteiger partial charge in [-0.1, -0.05) is 53.7 Å². The number of rotatable bonds is 5. The topological polar surface area (TPSA) is 32.3 Å². The molecule has 1 amide bonds. The summed E-state index contributed by atoms with van der Waals surface area (Å²) in [6, 6.07) is 9.28. The van der Waals surface area contributed by atoms with E-state index < -0.39 is 11.6 Å². The van der Waals surface area contributed by atoms with E-state index in [1.54, 1.807) is 23.1 Å². The molecule has 1 aliphatic carbocycles. The molecule has 2 fully saturated rings. The summed E-state index contributed by atoms with van der Waals surface area (Å²) < 4.78 is 43.0. The molecule has 0 bridgehead atoms. The van der Waals surface area contributed by atoms with Gasteiger partial charge in [0.05, 0.1) is 0 Å². The highest BCUT2D eigenvalue weighted by Gasteiger charge is 2.59. The van der Waals surface area contributed by atoms with Crippen molar-refractivity contribution in [2.24, 2.45) is 5.92 Å². The number of hydrogen-bond donors (Lipinski definition) is 1. The lowest BCUT2D eigenvalue weighted by Gasteiger charge is -2.33. The number of nitrogens with zero attached hydrogens (tertiary/aromatic N) is 1. The lowest BCUT2D eigenvalue weighted by atomic mass is 9.79. The molecule has 2 aromatic rings. The maximum atomic E-state index is 14.3. The molecular weight excluding hydrogens is 496 g/mol. The van der Waals surface area contributed by atoms with Crippen molar-refractivity contribution < 1.29 is 18.0 Å². The van der Waals surface area contributed by atoms with Crippen LogP contribution in [-0.4, -0.2) is 25.2 Å². The van der Waals surface area contributed by atoms with Gasteiger partial charge in [0.15, 0.2) is 0 Å². The largest absolute Gasteiger partial charge is 0.400 e. The van der Waals surface area contributed by atoms with E-state index in [0.29, 0.717) is 17.3 Å².